The molecule has 7 nitrogen and oxygen atoms in total. The second-order valence-electron chi connectivity index (χ2n) is 5.59. The Labute approximate surface area is 167 Å². The lowest BCUT2D eigenvalue weighted by Gasteiger charge is -2.11. The summed E-state index contributed by atoms with van der Waals surface area (Å²) in [7, 11) is 0.912. The van der Waals surface area contributed by atoms with Crippen LogP contribution in [0.4, 0.5) is 10.5 Å². The van der Waals surface area contributed by atoms with Gasteiger partial charge in [-0.05, 0) is 61.3 Å². The van der Waals surface area contributed by atoms with Crippen molar-refractivity contribution < 1.29 is 18.0 Å². The first-order valence-corrected chi connectivity index (χ1v) is 10.4. The zero-order valence-electron chi connectivity index (χ0n) is 14.8. The van der Waals surface area contributed by atoms with E-state index in [9.17, 15) is 18.0 Å². The Morgan fingerprint density at radius 1 is 1.07 bits per heavy atom. The average molecular weight is 428 g/mol. The summed E-state index contributed by atoms with van der Waals surface area (Å²) in [6.07, 6.45) is 0. The van der Waals surface area contributed by atoms with Gasteiger partial charge in [0.05, 0.1) is 15.5 Å². The number of hydrogen-bond acceptors (Lipinski definition) is 5. The fraction of sp³-hybridized carbons (Fsp3) is 0.176. The molecule has 2 aromatic carbocycles. The average Bonchev–Trinajstić information content (AvgIpc) is 2.63. The van der Waals surface area contributed by atoms with E-state index < -0.39 is 15.9 Å². The van der Waals surface area contributed by atoms with Crippen LogP contribution in [-0.2, 0) is 10.0 Å². The van der Waals surface area contributed by atoms with Gasteiger partial charge in [0.2, 0.25) is 10.0 Å². The van der Waals surface area contributed by atoms with Gasteiger partial charge in [0.1, 0.15) is 0 Å². The predicted molar refractivity (Wildman–Crippen MR) is 107 cm³/mol. The topological polar surface area (TPSA) is 95.6 Å². The van der Waals surface area contributed by atoms with Gasteiger partial charge in [0.15, 0.2) is 0 Å². The summed E-state index contributed by atoms with van der Waals surface area (Å²) in [5, 5.41) is 2.68. The highest BCUT2D eigenvalue weighted by Gasteiger charge is 2.17. The maximum absolute atomic E-state index is 12.5. The smallest absolute Gasteiger partial charge is 0.285 e. The molecule has 27 heavy (non-hydrogen) atoms. The molecule has 2 aromatic rings. The Morgan fingerprint density at radius 2 is 1.70 bits per heavy atom. The molecule has 0 saturated heterocycles. The van der Waals surface area contributed by atoms with Crippen LogP contribution in [0.25, 0.3) is 0 Å². The second-order valence-corrected chi connectivity index (χ2v) is 8.91. The Balaban J connectivity index is 2.18. The van der Waals surface area contributed by atoms with Crippen molar-refractivity contribution in [2.45, 2.75) is 9.79 Å². The third-order valence-corrected chi connectivity index (χ3v) is 6.23. The summed E-state index contributed by atoms with van der Waals surface area (Å²) >= 11 is 7.11. The molecule has 0 aliphatic carbocycles. The highest BCUT2D eigenvalue weighted by molar-refractivity contribution is 8.13. The number of nitrogens with zero attached hydrogens (tertiary/aromatic N) is 1. The van der Waals surface area contributed by atoms with Crippen LogP contribution in [0.3, 0.4) is 0 Å². The quantitative estimate of drug-likeness (QED) is 0.714. The molecule has 2 rings (SSSR count). The standard InChI is InChI=1S/C17H18ClN3O4S2/c1-19-27(24,25)13-8-9-15(18)14(10-13)16(22)20-11-4-6-12(7-5-11)26-17(23)21(2)3/h4-10,19H,1-3H3,(H,20,22). The molecule has 0 aliphatic heterocycles. The third kappa shape index (κ3) is 5.46. The van der Waals surface area contributed by atoms with Crippen LogP contribution >= 0.6 is 23.4 Å². The van der Waals surface area contributed by atoms with Crippen LogP contribution in [-0.4, -0.2) is 45.6 Å². The summed E-state index contributed by atoms with van der Waals surface area (Å²) < 4.78 is 26.0. The number of sulfonamides is 1. The first-order chi connectivity index (χ1) is 12.6. The number of carbonyl (C=O) groups excluding carboxylic acids is 2. The van der Waals surface area contributed by atoms with E-state index in [1.807, 2.05) is 0 Å². The highest BCUT2D eigenvalue weighted by Crippen LogP contribution is 2.24. The zero-order chi connectivity index (χ0) is 20.2. The molecule has 0 aliphatic rings. The Hall–Kier alpha value is -2.07. The molecule has 0 saturated carbocycles. The molecule has 0 spiro atoms. The minimum atomic E-state index is -3.70. The molecular formula is C17H18ClN3O4S2. The van der Waals surface area contributed by atoms with Crippen molar-refractivity contribution in [1.82, 2.24) is 9.62 Å². The SMILES string of the molecule is CNS(=O)(=O)c1ccc(Cl)c(C(=O)Nc2ccc(SC(=O)N(C)C)cc2)c1. The van der Waals surface area contributed by atoms with E-state index in [2.05, 4.69) is 10.0 Å². The van der Waals surface area contributed by atoms with Gasteiger partial charge in [0.25, 0.3) is 11.1 Å². The molecule has 0 heterocycles. The van der Waals surface area contributed by atoms with Crippen LogP contribution in [0.15, 0.2) is 52.3 Å². The number of thioether (sulfide) groups is 1. The number of anilines is 1. The normalized spacial score (nSPS) is 11.1. The molecule has 0 radical (unpaired) electrons. The van der Waals surface area contributed by atoms with E-state index in [0.717, 1.165) is 16.7 Å². The number of carbonyl (C=O) groups is 2. The molecular weight excluding hydrogens is 410 g/mol. The molecule has 0 fully saturated rings. The molecule has 2 amide bonds. The van der Waals surface area contributed by atoms with Crippen molar-refractivity contribution in [3.63, 3.8) is 0 Å². The number of hydrogen-bond donors (Lipinski definition) is 2. The van der Waals surface area contributed by atoms with Gasteiger partial charge in [-0.25, -0.2) is 13.1 Å². The minimum absolute atomic E-state index is 0.0363. The zero-order valence-corrected chi connectivity index (χ0v) is 17.2. The van der Waals surface area contributed by atoms with Gasteiger partial charge in [-0.3, -0.25) is 9.59 Å². The van der Waals surface area contributed by atoms with Crippen LogP contribution in [0.2, 0.25) is 5.02 Å². The Kier molecular flexibility index (Phi) is 6.88. The number of nitrogens with one attached hydrogen (secondary N) is 2. The van der Waals surface area contributed by atoms with E-state index in [-0.39, 0.29) is 20.7 Å². The lowest BCUT2D eigenvalue weighted by molar-refractivity contribution is 0.102. The molecule has 0 atom stereocenters. The molecule has 2 N–H and O–H groups in total. The number of rotatable bonds is 5. The monoisotopic (exact) mass is 427 g/mol. The van der Waals surface area contributed by atoms with Gasteiger partial charge in [0, 0.05) is 24.7 Å². The summed E-state index contributed by atoms with van der Waals surface area (Å²) in [6, 6.07) is 10.6. The van der Waals surface area contributed by atoms with Crippen molar-refractivity contribution in [1.29, 1.82) is 0 Å². The summed E-state index contributed by atoms with van der Waals surface area (Å²) in [6.45, 7) is 0. The summed E-state index contributed by atoms with van der Waals surface area (Å²) in [5.74, 6) is -0.544. The fourth-order valence-electron chi connectivity index (χ4n) is 1.96. The number of benzene rings is 2. The predicted octanol–water partition coefficient (Wildman–Crippen LogP) is 3.27. The lowest BCUT2D eigenvalue weighted by Crippen LogP contribution is -2.20. The van der Waals surface area contributed by atoms with Crippen molar-refractivity contribution in [3.8, 4) is 0 Å². The van der Waals surface area contributed by atoms with Crippen LogP contribution in [0, 0.1) is 0 Å². The Morgan fingerprint density at radius 3 is 2.26 bits per heavy atom. The largest absolute Gasteiger partial charge is 0.339 e. The Bertz CT molecular complexity index is 961. The van der Waals surface area contributed by atoms with Crippen LogP contribution in [0.5, 0.6) is 0 Å². The van der Waals surface area contributed by atoms with Crippen LogP contribution < -0.4 is 10.0 Å². The molecule has 144 valence electrons. The van der Waals surface area contributed by atoms with Crippen molar-refractivity contribution in [2.24, 2.45) is 0 Å². The fourth-order valence-corrected chi connectivity index (χ4v) is 3.58. The van der Waals surface area contributed by atoms with Gasteiger partial charge in [-0.15, -0.1) is 0 Å². The van der Waals surface area contributed by atoms with Gasteiger partial charge >= 0.3 is 0 Å². The van der Waals surface area contributed by atoms with E-state index in [1.54, 1.807) is 38.4 Å². The molecule has 10 heteroatoms. The molecule has 0 aromatic heterocycles. The first kappa shape index (κ1) is 21.2. The minimum Gasteiger partial charge on any atom is -0.339 e. The maximum atomic E-state index is 12.5. The van der Waals surface area contributed by atoms with E-state index in [4.69, 9.17) is 11.6 Å². The molecule has 0 bridgehead atoms. The van der Waals surface area contributed by atoms with Gasteiger partial charge < -0.3 is 10.2 Å². The third-order valence-electron chi connectivity index (χ3n) is 3.44. The number of amides is 2. The summed E-state index contributed by atoms with van der Waals surface area (Å²) in [5.41, 5.74) is 0.522. The van der Waals surface area contributed by atoms with Crippen LogP contribution in [0.1, 0.15) is 10.4 Å². The maximum Gasteiger partial charge on any atom is 0.285 e. The van der Waals surface area contributed by atoms with E-state index >= 15 is 0 Å². The van der Waals surface area contributed by atoms with Crippen molar-refractivity contribution >= 4 is 50.2 Å². The molecule has 0 unspecified atom stereocenters. The lowest BCUT2D eigenvalue weighted by atomic mass is 10.2. The van der Waals surface area contributed by atoms with Gasteiger partial charge in [-0.2, -0.15) is 0 Å². The van der Waals surface area contributed by atoms with Crippen molar-refractivity contribution in [2.75, 3.05) is 26.5 Å². The second kappa shape index (κ2) is 8.75. The van der Waals surface area contributed by atoms with Gasteiger partial charge in [-0.1, -0.05) is 11.6 Å². The number of halogens is 1. The van der Waals surface area contributed by atoms with E-state index in [0.29, 0.717) is 5.69 Å². The highest BCUT2D eigenvalue weighted by atomic mass is 35.5. The van der Waals surface area contributed by atoms with Crippen molar-refractivity contribution in [3.05, 3.63) is 53.1 Å². The summed E-state index contributed by atoms with van der Waals surface area (Å²) in [4.78, 5) is 26.3. The van der Waals surface area contributed by atoms with E-state index in [1.165, 1.54) is 30.1 Å². The first-order valence-electron chi connectivity index (χ1n) is 7.67.